The number of halogens is 1. The van der Waals surface area contributed by atoms with E-state index in [2.05, 4.69) is 30.0 Å². The van der Waals surface area contributed by atoms with Crippen molar-refractivity contribution in [2.75, 3.05) is 19.6 Å². The first-order valence-electron chi connectivity index (χ1n) is 6.37. The van der Waals surface area contributed by atoms with E-state index in [1.807, 2.05) is 6.92 Å². The molecule has 2 rings (SSSR count). The highest BCUT2D eigenvalue weighted by Crippen LogP contribution is 2.37. The zero-order chi connectivity index (χ0) is 12.4. The Morgan fingerprint density at radius 3 is 2.82 bits per heavy atom. The van der Waals surface area contributed by atoms with E-state index in [0.29, 0.717) is 12.0 Å². The van der Waals surface area contributed by atoms with Crippen LogP contribution in [-0.4, -0.2) is 24.5 Å². The molecule has 0 amide bonds. The molecule has 2 atom stereocenters. The summed E-state index contributed by atoms with van der Waals surface area (Å²) in [5.74, 6) is 0.564. The maximum Gasteiger partial charge on any atom is 0.0438 e. The molecule has 0 aromatic heterocycles. The van der Waals surface area contributed by atoms with Crippen LogP contribution < -0.4 is 5.73 Å². The van der Waals surface area contributed by atoms with E-state index in [9.17, 15) is 0 Å². The molecule has 1 fully saturated rings. The first-order valence-corrected chi connectivity index (χ1v) is 6.75. The number of benzene rings is 1. The number of rotatable bonds is 3. The zero-order valence-electron chi connectivity index (χ0n) is 10.6. The zero-order valence-corrected chi connectivity index (χ0v) is 11.4. The standard InChI is InChI=1S/C14H21ClN2/c1-3-17-7-6-12(9-16)14(17)11-5-4-10(2)13(15)8-11/h4-5,8,12,14H,3,6-7,9,16H2,1-2H3. The van der Waals surface area contributed by atoms with Gasteiger partial charge in [0, 0.05) is 11.1 Å². The molecule has 1 aromatic rings. The maximum absolute atomic E-state index is 6.22. The van der Waals surface area contributed by atoms with Crippen LogP contribution in [-0.2, 0) is 0 Å². The third kappa shape index (κ3) is 2.49. The van der Waals surface area contributed by atoms with Crippen molar-refractivity contribution in [3.8, 4) is 0 Å². The predicted molar refractivity (Wildman–Crippen MR) is 73.3 cm³/mol. The van der Waals surface area contributed by atoms with Gasteiger partial charge in [0.1, 0.15) is 0 Å². The molecule has 0 aliphatic carbocycles. The van der Waals surface area contributed by atoms with Gasteiger partial charge < -0.3 is 5.73 Å². The van der Waals surface area contributed by atoms with E-state index in [-0.39, 0.29) is 0 Å². The number of likely N-dealkylation sites (tertiary alicyclic amines) is 1. The first-order chi connectivity index (χ1) is 8.17. The van der Waals surface area contributed by atoms with E-state index in [4.69, 9.17) is 17.3 Å². The third-order valence-corrected chi connectivity index (χ3v) is 4.28. The molecule has 1 saturated heterocycles. The minimum Gasteiger partial charge on any atom is -0.330 e. The lowest BCUT2D eigenvalue weighted by Gasteiger charge is -2.27. The van der Waals surface area contributed by atoms with Gasteiger partial charge in [-0.1, -0.05) is 30.7 Å². The molecule has 0 bridgehead atoms. The minimum absolute atomic E-state index is 0.447. The van der Waals surface area contributed by atoms with Crippen LogP contribution in [0.1, 0.15) is 30.5 Å². The molecule has 0 spiro atoms. The summed E-state index contributed by atoms with van der Waals surface area (Å²) >= 11 is 6.22. The lowest BCUT2D eigenvalue weighted by molar-refractivity contribution is 0.242. The van der Waals surface area contributed by atoms with Gasteiger partial charge in [-0.05, 0) is 56.1 Å². The fourth-order valence-corrected chi connectivity index (χ4v) is 2.99. The molecule has 2 nitrogen and oxygen atoms in total. The summed E-state index contributed by atoms with van der Waals surface area (Å²) in [5, 5.41) is 0.862. The highest BCUT2D eigenvalue weighted by Gasteiger charge is 2.33. The summed E-state index contributed by atoms with van der Waals surface area (Å²) in [5.41, 5.74) is 8.34. The molecular formula is C14H21ClN2. The van der Waals surface area contributed by atoms with E-state index >= 15 is 0 Å². The average molecular weight is 253 g/mol. The van der Waals surface area contributed by atoms with Crippen LogP contribution in [0.15, 0.2) is 18.2 Å². The van der Waals surface area contributed by atoms with Crippen LogP contribution in [0.4, 0.5) is 0 Å². The quantitative estimate of drug-likeness (QED) is 0.896. The predicted octanol–water partition coefficient (Wildman–Crippen LogP) is 2.99. The molecule has 0 saturated carbocycles. The van der Waals surface area contributed by atoms with Crippen LogP contribution in [0.25, 0.3) is 0 Å². The van der Waals surface area contributed by atoms with Gasteiger partial charge in [0.25, 0.3) is 0 Å². The van der Waals surface area contributed by atoms with Gasteiger partial charge in [-0.2, -0.15) is 0 Å². The molecule has 0 radical (unpaired) electrons. The number of hydrogen-bond donors (Lipinski definition) is 1. The number of nitrogens with zero attached hydrogens (tertiary/aromatic N) is 1. The Morgan fingerprint density at radius 2 is 2.24 bits per heavy atom. The number of hydrogen-bond acceptors (Lipinski definition) is 2. The maximum atomic E-state index is 6.22. The Labute approximate surface area is 109 Å². The first kappa shape index (κ1) is 12.9. The summed E-state index contributed by atoms with van der Waals surface area (Å²) in [6, 6.07) is 6.86. The Hall–Kier alpha value is -0.570. The van der Waals surface area contributed by atoms with Crippen LogP contribution >= 0.6 is 11.6 Å². The van der Waals surface area contributed by atoms with Crippen molar-refractivity contribution in [3.05, 3.63) is 34.3 Å². The van der Waals surface area contributed by atoms with Crippen molar-refractivity contribution in [3.63, 3.8) is 0 Å². The Morgan fingerprint density at radius 1 is 1.47 bits per heavy atom. The van der Waals surface area contributed by atoms with Crippen molar-refractivity contribution in [2.45, 2.75) is 26.3 Å². The van der Waals surface area contributed by atoms with Gasteiger partial charge in [0.15, 0.2) is 0 Å². The Bertz CT molecular complexity index is 380. The number of nitrogens with two attached hydrogens (primary N) is 1. The molecule has 2 N–H and O–H groups in total. The van der Waals surface area contributed by atoms with Crippen molar-refractivity contribution in [2.24, 2.45) is 11.7 Å². The van der Waals surface area contributed by atoms with E-state index in [0.717, 1.165) is 30.2 Å². The van der Waals surface area contributed by atoms with E-state index < -0.39 is 0 Å². The fraction of sp³-hybridized carbons (Fsp3) is 0.571. The molecule has 1 aliphatic heterocycles. The molecule has 2 unspecified atom stereocenters. The Kier molecular flexibility index (Phi) is 4.08. The summed E-state index contributed by atoms with van der Waals surface area (Å²) in [7, 11) is 0. The second-order valence-electron chi connectivity index (χ2n) is 4.87. The molecule has 1 heterocycles. The molecular weight excluding hydrogens is 232 g/mol. The summed E-state index contributed by atoms with van der Waals surface area (Å²) in [6.07, 6.45) is 1.19. The second kappa shape index (κ2) is 5.38. The van der Waals surface area contributed by atoms with Crippen LogP contribution in [0.5, 0.6) is 0 Å². The largest absolute Gasteiger partial charge is 0.330 e. The summed E-state index contributed by atoms with van der Waals surface area (Å²) < 4.78 is 0. The van der Waals surface area contributed by atoms with Crippen molar-refractivity contribution in [1.29, 1.82) is 0 Å². The molecule has 1 aliphatic rings. The molecule has 94 valence electrons. The minimum atomic E-state index is 0.447. The van der Waals surface area contributed by atoms with Gasteiger partial charge in [-0.25, -0.2) is 0 Å². The summed E-state index contributed by atoms with van der Waals surface area (Å²) in [4.78, 5) is 2.50. The number of aryl methyl sites for hydroxylation is 1. The highest BCUT2D eigenvalue weighted by molar-refractivity contribution is 6.31. The SMILES string of the molecule is CCN1CCC(CN)C1c1ccc(C)c(Cl)c1. The van der Waals surface area contributed by atoms with Crippen molar-refractivity contribution in [1.82, 2.24) is 4.90 Å². The van der Waals surface area contributed by atoms with E-state index in [1.165, 1.54) is 12.0 Å². The van der Waals surface area contributed by atoms with Gasteiger partial charge in [-0.3, -0.25) is 4.90 Å². The van der Waals surface area contributed by atoms with Crippen LogP contribution in [0.3, 0.4) is 0 Å². The second-order valence-corrected chi connectivity index (χ2v) is 5.27. The normalized spacial score (nSPS) is 25.4. The average Bonchev–Trinajstić information content (AvgIpc) is 2.75. The highest BCUT2D eigenvalue weighted by atomic mass is 35.5. The van der Waals surface area contributed by atoms with Crippen LogP contribution in [0, 0.1) is 12.8 Å². The van der Waals surface area contributed by atoms with Gasteiger partial charge in [0.2, 0.25) is 0 Å². The van der Waals surface area contributed by atoms with Gasteiger partial charge in [0.05, 0.1) is 0 Å². The fourth-order valence-electron chi connectivity index (χ4n) is 2.80. The molecule has 17 heavy (non-hydrogen) atoms. The van der Waals surface area contributed by atoms with Crippen molar-refractivity contribution >= 4 is 11.6 Å². The molecule has 1 aromatic carbocycles. The smallest absolute Gasteiger partial charge is 0.0438 e. The summed E-state index contributed by atoms with van der Waals surface area (Å²) in [6.45, 7) is 7.23. The van der Waals surface area contributed by atoms with Gasteiger partial charge in [-0.15, -0.1) is 0 Å². The topological polar surface area (TPSA) is 29.3 Å². The Balaban J connectivity index is 2.31. The van der Waals surface area contributed by atoms with E-state index in [1.54, 1.807) is 0 Å². The molecule has 3 heteroatoms. The van der Waals surface area contributed by atoms with Gasteiger partial charge >= 0.3 is 0 Å². The van der Waals surface area contributed by atoms with Crippen LogP contribution in [0.2, 0.25) is 5.02 Å². The monoisotopic (exact) mass is 252 g/mol. The van der Waals surface area contributed by atoms with Crippen molar-refractivity contribution < 1.29 is 0 Å². The third-order valence-electron chi connectivity index (χ3n) is 3.87. The lowest BCUT2D eigenvalue weighted by Crippen LogP contribution is -2.28. The lowest BCUT2D eigenvalue weighted by atomic mass is 9.93.